The molecule has 1 N–H and O–H groups in total. The first-order valence-electron chi connectivity index (χ1n) is 8.55. The Bertz CT molecular complexity index is 1150. The molecule has 1 aromatic heterocycles. The molecule has 30 heavy (non-hydrogen) atoms. The van der Waals surface area contributed by atoms with Crippen LogP contribution >= 0.6 is 35.0 Å². The van der Waals surface area contributed by atoms with E-state index in [2.05, 4.69) is 10.3 Å². The van der Waals surface area contributed by atoms with Crippen molar-refractivity contribution in [1.29, 1.82) is 5.26 Å². The summed E-state index contributed by atoms with van der Waals surface area (Å²) in [4.78, 5) is 16.6. The molecular weight excluding hydrogens is 448 g/mol. The standard InChI is InChI=1S/C21H14Cl2FN3O2S/c1-30-21-16(3-2-6-26-21)20(28)27-11-13-4-5-17(23)19(18(13)24)29-15-8-12(10-25)7-14(22)9-15/h2-9H,11H2,1H3,(H,27,28). The Balaban J connectivity index is 1.82. The van der Waals surface area contributed by atoms with Gasteiger partial charge < -0.3 is 10.1 Å². The van der Waals surface area contributed by atoms with Gasteiger partial charge in [-0.05, 0) is 42.7 Å². The lowest BCUT2D eigenvalue weighted by Gasteiger charge is -2.13. The highest BCUT2D eigenvalue weighted by Crippen LogP contribution is 2.35. The maximum Gasteiger partial charge on any atom is 0.254 e. The van der Waals surface area contributed by atoms with Crippen LogP contribution in [0.2, 0.25) is 10.0 Å². The van der Waals surface area contributed by atoms with Crippen LogP contribution in [0.4, 0.5) is 4.39 Å². The highest BCUT2D eigenvalue weighted by atomic mass is 35.5. The van der Waals surface area contributed by atoms with Crippen LogP contribution in [0.5, 0.6) is 11.5 Å². The van der Waals surface area contributed by atoms with Crippen LogP contribution in [0.25, 0.3) is 0 Å². The molecule has 3 aromatic rings. The average Bonchev–Trinajstić information content (AvgIpc) is 2.75. The number of amides is 1. The molecule has 5 nitrogen and oxygen atoms in total. The van der Waals surface area contributed by atoms with E-state index in [0.717, 1.165) is 0 Å². The third kappa shape index (κ3) is 5.03. The number of carbonyl (C=O) groups excluding carboxylic acids is 1. The molecule has 0 aliphatic heterocycles. The first kappa shape index (κ1) is 21.9. The minimum Gasteiger partial charge on any atom is -0.453 e. The quantitative estimate of drug-likeness (QED) is 0.466. The number of aromatic nitrogens is 1. The Hall–Kier alpha value is -2.79. The van der Waals surface area contributed by atoms with Gasteiger partial charge in [-0.2, -0.15) is 5.26 Å². The molecule has 3 rings (SSSR count). The number of nitrogens with zero attached hydrogens (tertiary/aromatic N) is 2. The number of thioether (sulfide) groups is 1. The Morgan fingerprint density at radius 3 is 2.83 bits per heavy atom. The molecule has 0 saturated heterocycles. The fourth-order valence-electron chi connectivity index (χ4n) is 2.60. The fourth-order valence-corrected chi connectivity index (χ4v) is 3.56. The highest BCUT2D eigenvalue weighted by Gasteiger charge is 2.17. The number of hydrogen-bond donors (Lipinski definition) is 1. The topological polar surface area (TPSA) is 75.0 Å². The molecule has 0 spiro atoms. The van der Waals surface area contributed by atoms with Crippen LogP contribution in [0, 0.1) is 17.1 Å². The summed E-state index contributed by atoms with van der Waals surface area (Å²) in [6.45, 7) is -0.0834. The molecular formula is C21H14Cl2FN3O2S. The lowest BCUT2D eigenvalue weighted by Crippen LogP contribution is -2.24. The Labute approximate surface area is 186 Å². The van der Waals surface area contributed by atoms with Gasteiger partial charge in [-0.3, -0.25) is 4.79 Å². The maximum atomic E-state index is 15.0. The Morgan fingerprint density at radius 2 is 2.10 bits per heavy atom. The predicted molar refractivity (Wildman–Crippen MR) is 115 cm³/mol. The number of nitrogens with one attached hydrogen (secondary N) is 1. The van der Waals surface area contributed by atoms with E-state index in [1.54, 1.807) is 18.3 Å². The van der Waals surface area contributed by atoms with Gasteiger partial charge in [0.25, 0.3) is 5.91 Å². The Kier molecular flexibility index (Phi) is 7.16. The van der Waals surface area contributed by atoms with Crippen LogP contribution < -0.4 is 10.1 Å². The molecule has 152 valence electrons. The monoisotopic (exact) mass is 461 g/mol. The molecule has 9 heteroatoms. The van der Waals surface area contributed by atoms with E-state index in [1.807, 2.05) is 12.3 Å². The molecule has 0 fully saturated rings. The third-order valence-corrected chi connectivity index (χ3v) is 5.23. The summed E-state index contributed by atoms with van der Waals surface area (Å²) in [6.07, 6.45) is 3.41. The number of nitriles is 1. The molecule has 2 aromatic carbocycles. The number of carbonyl (C=O) groups is 1. The fraction of sp³-hybridized carbons (Fsp3) is 0.0952. The van der Waals surface area contributed by atoms with Gasteiger partial charge in [0.05, 0.1) is 22.2 Å². The third-order valence-electron chi connectivity index (χ3n) is 4.00. The zero-order valence-electron chi connectivity index (χ0n) is 15.6. The van der Waals surface area contributed by atoms with Crippen LogP contribution in [0.15, 0.2) is 53.7 Å². The van der Waals surface area contributed by atoms with Gasteiger partial charge >= 0.3 is 0 Å². The molecule has 0 bridgehead atoms. The molecule has 1 heterocycles. The number of hydrogen-bond acceptors (Lipinski definition) is 5. The summed E-state index contributed by atoms with van der Waals surface area (Å²) in [5.41, 5.74) is 0.845. The van der Waals surface area contributed by atoms with Gasteiger partial charge in [0.2, 0.25) is 0 Å². The van der Waals surface area contributed by atoms with Crippen molar-refractivity contribution in [1.82, 2.24) is 10.3 Å². The highest BCUT2D eigenvalue weighted by molar-refractivity contribution is 7.98. The summed E-state index contributed by atoms with van der Waals surface area (Å²) in [5, 5.41) is 12.6. The van der Waals surface area contributed by atoms with Gasteiger partial charge in [-0.1, -0.05) is 29.3 Å². The second-order valence-electron chi connectivity index (χ2n) is 5.98. The summed E-state index contributed by atoms with van der Waals surface area (Å²) in [5.74, 6) is -1.16. The van der Waals surface area contributed by atoms with E-state index in [1.165, 1.54) is 42.1 Å². The van der Waals surface area contributed by atoms with Crippen LogP contribution in [0.1, 0.15) is 21.5 Å². The Morgan fingerprint density at radius 1 is 1.30 bits per heavy atom. The van der Waals surface area contributed by atoms with Crippen molar-refractivity contribution in [3.05, 3.63) is 81.2 Å². The molecule has 0 aliphatic carbocycles. The summed E-state index contributed by atoms with van der Waals surface area (Å²) < 4.78 is 20.6. The zero-order valence-corrected chi connectivity index (χ0v) is 17.9. The second kappa shape index (κ2) is 9.81. The van der Waals surface area contributed by atoms with Gasteiger partial charge in [-0.25, -0.2) is 9.37 Å². The number of halogens is 3. The molecule has 0 unspecified atom stereocenters. The second-order valence-corrected chi connectivity index (χ2v) is 7.62. The SMILES string of the molecule is CSc1ncccc1C(=O)NCc1ccc(Cl)c(Oc2cc(Cl)cc(C#N)c2)c1F. The van der Waals surface area contributed by atoms with Crippen molar-refractivity contribution in [3.63, 3.8) is 0 Å². The molecule has 0 atom stereocenters. The minimum atomic E-state index is -0.724. The first-order valence-corrected chi connectivity index (χ1v) is 10.5. The van der Waals surface area contributed by atoms with Crippen LogP contribution in [-0.4, -0.2) is 17.1 Å². The lowest BCUT2D eigenvalue weighted by atomic mass is 10.1. The van der Waals surface area contributed by atoms with E-state index in [4.69, 9.17) is 33.2 Å². The number of ether oxygens (including phenoxy) is 1. The molecule has 1 amide bonds. The molecule has 0 saturated carbocycles. The molecule has 0 radical (unpaired) electrons. The van der Waals surface area contributed by atoms with Crippen LogP contribution in [0.3, 0.4) is 0 Å². The van der Waals surface area contributed by atoms with E-state index in [-0.39, 0.29) is 45.1 Å². The summed E-state index contributed by atoms with van der Waals surface area (Å²) in [7, 11) is 0. The normalized spacial score (nSPS) is 10.4. The van der Waals surface area contributed by atoms with E-state index in [0.29, 0.717) is 10.6 Å². The lowest BCUT2D eigenvalue weighted by molar-refractivity contribution is 0.0947. The maximum absolute atomic E-state index is 15.0. The first-order chi connectivity index (χ1) is 14.4. The number of rotatable bonds is 6. The van der Waals surface area contributed by atoms with Gasteiger partial charge in [-0.15, -0.1) is 11.8 Å². The van der Waals surface area contributed by atoms with Crippen molar-refractivity contribution in [2.45, 2.75) is 11.6 Å². The smallest absolute Gasteiger partial charge is 0.254 e. The minimum absolute atomic E-state index is 0.0398. The van der Waals surface area contributed by atoms with Gasteiger partial charge in [0.15, 0.2) is 11.6 Å². The van der Waals surface area contributed by atoms with Crippen molar-refractivity contribution < 1.29 is 13.9 Å². The van der Waals surface area contributed by atoms with Gasteiger partial charge in [0, 0.05) is 23.3 Å². The van der Waals surface area contributed by atoms with Crippen LogP contribution in [-0.2, 0) is 6.54 Å². The molecule has 0 aliphatic rings. The van der Waals surface area contributed by atoms with E-state index < -0.39 is 5.82 Å². The van der Waals surface area contributed by atoms with Crippen molar-refractivity contribution in [2.75, 3.05) is 6.26 Å². The average molecular weight is 462 g/mol. The zero-order chi connectivity index (χ0) is 21.7. The van der Waals surface area contributed by atoms with Crippen molar-refractivity contribution in [2.24, 2.45) is 0 Å². The van der Waals surface area contributed by atoms with E-state index in [9.17, 15) is 4.79 Å². The summed E-state index contributed by atoms with van der Waals surface area (Å²) in [6, 6.07) is 12.5. The van der Waals surface area contributed by atoms with Crippen molar-refractivity contribution >= 4 is 40.9 Å². The largest absolute Gasteiger partial charge is 0.453 e. The van der Waals surface area contributed by atoms with Crippen molar-refractivity contribution in [3.8, 4) is 17.6 Å². The number of pyridine rings is 1. The predicted octanol–water partition coefficient (Wildman–Crippen LogP) is 5.84. The summed E-state index contributed by atoms with van der Waals surface area (Å²) >= 11 is 13.4. The van der Waals surface area contributed by atoms with E-state index >= 15 is 4.39 Å². The number of benzene rings is 2. The van der Waals surface area contributed by atoms with Gasteiger partial charge in [0.1, 0.15) is 10.8 Å².